The number of nitrogens with two attached hydrogens (primary N) is 4. The van der Waals surface area contributed by atoms with Crippen LogP contribution in [0.3, 0.4) is 0 Å². The molecule has 0 radical (unpaired) electrons. The molecular weight excluding hydrogens is 678 g/mol. The van der Waals surface area contributed by atoms with Gasteiger partial charge < -0.3 is 69.7 Å². The molecule has 6 atom stereocenters. The van der Waals surface area contributed by atoms with Crippen LogP contribution in [0.1, 0.15) is 58.3 Å². The van der Waals surface area contributed by atoms with E-state index in [0.29, 0.717) is 25.8 Å². The Morgan fingerprint density at radius 3 is 2.00 bits per heavy atom. The molecular formula is C29H51N11O11. The number of likely N-dealkylation sites (tertiary alicyclic amines) is 1. The highest BCUT2D eigenvalue weighted by molar-refractivity contribution is 5.98. The van der Waals surface area contributed by atoms with Crippen molar-refractivity contribution in [3.05, 3.63) is 0 Å². The average Bonchev–Trinajstić information content (AvgIpc) is 3.57. The maximum Gasteiger partial charge on any atom is 0.326 e. The Kier molecular flexibility index (Phi) is 19.5. The third-order valence-corrected chi connectivity index (χ3v) is 7.74. The Labute approximate surface area is 293 Å². The highest BCUT2D eigenvalue weighted by atomic mass is 16.4. The van der Waals surface area contributed by atoms with Crippen molar-refractivity contribution in [2.75, 3.05) is 32.8 Å². The molecule has 0 aliphatic carbocycles. The number of hydrogen-bond donors (Lipinski definition) is 12. The van der Waals surface area contributed by atoms with Crippen molar-refractivity contribution in [1.82, 2.24) is 31.5 Å². The fourth-order valence-corrected chi connectivity index (χ4v) is 5.06. The topological polar surface area (TPSA) is 377 Å². The van der Waals surface area contributed by atoms with Crippen molar-refractivity contribution in [1.29, 1.82) is 0 Å². The molecule has 1 saturated heterocycles. The average molecular weight is 730 g/mol. The van der Waals surface area contributed by atoms with Crippen LogP contribution < -0.4 is 49.5 Å². The van der Waals surface area contributed by atoms with E-state index in [0.717, 1.165) is 4.90 Å². The van der Waals surface area contributed by atoms with Gasteiger partial charge in [0.15, 0.2) is 5.96 Å². The first-order valence-electron chi connectivity index (χ1n) is 16.4. The molecule has 0 aromatic rings. The van der Waals surface area contributed by atoms with Crippen LogP contribution in [0.25, 0.3) is 0 Å². The van der Waals surface area contributed by atoms with Crippen LogP contribution in [0, 0.1) is 0 Å². The Morgan fingerprint density at radius 1 is 0.804 bits per heavy atom. The molecule has 0 saturated carbocycles. The van der Waals surface area contributed by atoms with Gasteiger partial charge in [-0.3, -0.25) is 38.6 Å². The molecule has 22 nitrogen and oxygen atoms in total. The van der Waals surface area contributed by atoms with E-state index in [4.69, 9.17) is 22.9 Å². The zero-order chi connectivity index (χ0) is 38.7. The van der Waals surface area contributed by atoms with Crippen LogP contribution in [0.15, 0.2) is 4.99 Å². The maximum atomic E-state index is 13.4. The van der Waals surface area contributed by atoms with Gasteiger partial charge in [-0.1, -0.05) is 0 Å². The van der Waals surface area contributed by atoms with E-state index in [2.05, 4.69) is 31.6 Å². The largest absolute Gasteiger partial charge is 0.481 e. The van der Waals surface area contributed by atoms with Gasteiger partial charge in [-0.2, -0.15) is 0 Å². The summed E-state index contributed by atoms with van der Waals surface area (Å²) in [5.74, 6) is -8.24. The summed E-state index contributed by atoms with van der Waals surface area (Å²) in [6, 6.07) is -8.30. The first-order chi connectivity index (χ1) is 24.1. The minimum Gasteiger partial charge on any atom is -0.481 e. The molecule has 1 rings (SSSR count). The van der Waals surface area contributed by atoms with Crippen LogP contribution in [0.2, 0.25) is 0 Å². The number of aliphatic hydroxyl groups is 1. The Balaban J connectivity index is 2.99. The number of guanidine groups is 1. The summed E-state index contributed by atoms with van der Waals surface area (Å²) in [5.41, 5.74) is 21.3. The van der Waals surface area contributed by atoms with Gasteiger partial charge in [-0.15, -0.1) is 0 Å². The molecule has 0 unspecified atom stereocenters. The summed E-state index contributed by atoms with van der Waals surface area (Å²) in [5, 5.41) is 40.5. The minimum atomic E-state index is -1.79. The van der Waals surface area contributed by atoms with Crippen LogP contribution in [-0.2, 0) is 38.4 Å². The summed E-state index contributed by atoms with van der Waals surface area (Å²) < 4.78 is 0. The molecule has 1 fully saturated rings. The number of aliphatic carboxylic acids is 2. The summed E-state index contributed by atoms with van der Waals surface area (Å²) in [4.78, 5) is 105. The number of hydrogen-bond acceptors (Lipinski definition) is 12. The number of carbonyl (C=O) groups is 8. The molecule has 16 N–H and O–H groups in total. The normalized spacial score (nSPS) is 16.7. The van der Waals surface area contributed by atoms with Gasteiger partial charge in [0, 0.05) is 13.1 Å². The molecule has 0 aromatic heterocycles. The first-order valence-corrected chi connectivity index (χ1v) is 16.4. The predicted octanol–water partition coefficient (Wildman–Crippen LogP) is -5.89. The molecule has 22 heteroatoms. The van der Waals surface area contributed by atoms with E-state index in [1.165, 1.54) is 6.92 Å². The molecule has 0 bridgehead atoms. The van der Waals surface area contributed by atoms with Gasteiger partial charge in [0.2, 0.25) is 35.4 Å². The summed E-state index contributed by atoms with van der Waals surface area (Å²) in [6.07, 6.45) is 0.974. The number of carboxylic acids is 2. The second-order valence-electron chi connectivity index (χ2n) is 11.8. The number of nitrogens with zero attached hydrogens (tertiary/aromatic N) is 2. The fourth-order valence-electron chi connectivity index (χ4n) is 5.06. The van der Waals surface area contributed by atoms with Gasteiger partial charge in [-0.05, 0) is 58.4 Å². The monoisotopic (exact) mass is 729 g/mol. The van der Waals surface area contributed by atoms with E-state index >= 15 is 0 Å². The quantitative estimate of drug-likeness (QED) is 0.0265. The SMILES string of the molecule is C[C@H](NC(=O)[C@H](CCCN=C(N)N)NC(=O)CN)C(=O)N[C@H](CC(=O)O)C(=O)N[C@H](CO)C(=O)N1CCC[C@H]1C(=O)N[C@@H](CCCCN)C(=O)O. The first kappa shape index (κ1) is 43.9. The Morgan fingerprint density at radius 2 is 1.43 bits per heavy atom. The van der Waals surface area contributed by atoms with Gasteiger partial charge in [-0.25, -0.2) is 4.79 Å². The number of nitrogens with one attached hydrogen (secondary N) is 5. The van der Waals surface area contributed by atoms with E-state index < -0.39 is 103 Å². The molecule has 1 aliphatic rings. The van der Waals surface area contributed by atoms with E-state index in [1.807, 2.05) is 0 Å². The lowest BCUT2D eigenvalue weighted by Gasteiger charge is -2.29. The number of aliphatic imine (C=N–C) groups is 1. The summed E-state index contributed by atoms with van der Waals surface area (Å²) in [7, 11) is 0. The smallest absolute Gasteiger partial charge is 0.326 e. The van der Waals surface area contributed by atoms with E-state index in [1.54, 1.807) is 0 Å². The Hall–Kier alpha value is -5.09. The zero-order valence-corrected chi connectivity index (χ0v) is 28.5. The summed E-state index contributed by atoms with van der Waals surface area (Å²) >= 11 is 0. The molecule has 0 aromatic carbocycles. The lowest BCUT2D eigenvalue weighted by atomic mass is 10.1. The van der Waals surface area contributed by atoms with Crippen LogP contribution >= 0.6 is 0 Å². The molecule has 51 heavy (non-hydrogen) atoms. The van der Waals surface area contributed by atoms with Crippen LogP contribution in [0.5, 0.6) is 0 Å². The molecule has 6 amide bonds. The number of carboxylic acid groups (broad SMARTS) is 2. The third-order valence-electron chi connectivity index (χ3n) is 7.74. The fraction of sp³-hybridized carbons (Fsp3) is 0.690. The minimum absolute atomic E-state index is 0.0434. The van der Waals surface area contributed by atoms with Crippen molar-refractivity contribution >= 4 is 53.3 Å². The highest BCUT2D eigenvalue weighted by Gasteiger charge is 2.39. The van der Waals surface area contributed by atoms with Gasteiger partial charge in [0.05, 0.1) is 19.6 Å². The second-order valence-corrected chi connectivity index (χ2v) is 11.8. The molecule has 1 heterocycles. The van der Waals surface area contributed by atoms with Crippen LogP contribution in [-0.4, -0.2) is 143 Å². The number of carbonyl (C=O) groups excluding carboxylic acids is 6. The number of rotatable bonds is 23. The molecule has 1 aliphatic heterocycles. The van der Waals surface area contributed by atoms with Crippen LogP contribution in [0.4, 0.5) is 0 Å². The van der Waals surface area contributed by atoms with Gasteiger partial charge >= 0.3 is 11.9 Å². The molecule has 0 spiro atoms. The third kappa shape index (κ3) is 15.6. The molecule has 288 valence electrons. The standard InChI is InChI=1S/C29H51N11O11/c1-15(35-24(46)16(36-21(42)13-31)7-4-10-34-29(32)33)23(45)38-18(12-22(43)44)25(47)39-19(14-41)27(49)40-11-5-8-20(40)26(48)37-17(28(50)51)6-2-3-9-30/h15-20,41H,2-14,30-31H2,1H3,(H,35,46)(H,36,42)(H,37,48)(H,38,45)(H,39,47)(H,43,44)(H,50,51)(H4,32,33,34)/t15-,16-,17-,18+,19+,20-/m0/s1. The number of amides is 6. The predicted molar refractivity (Wildman–Crippen MR) is 179 cm³/mol. The van der Waals surface area contributed by atoms with Crippen molar-refractivity contribution in [2.24, 2.45) is 27.9 Å². The zero-order valence-electron chi connectivity index (χ0n) is 28.5. The Bertz CT molecular complexity index is 1280. The van der Waals surface area contributed by atoms with Gasteiger partial charge in [0.1, 0.15) is 36.3 Å². The van der Waals surface area contributed by atoms with E-state index in [-0.39, 0.29) is 44.7 Å². The van der Waals surface area contributed by atoms with Crippen molar-refractivity contribution in [2.45, 2.75) is 94.5 Å². The van der Waals surface area contributed by atoms with Crippen molar-refractivity contribution < 1.29 is 53.7 Å². The van der Waals surface area contributed by atoms with E-state index in [9.17, 15) is 53.7 Å². The summed E-state index contributed by atoms with van der Waals surface area (Å²) in [6.45, 7) is 0.357. The number of unbranched alkanes of at least 4 members (excludes halogenated alkanes) is 1. The van der Waals surface area contributed by atoms with Crippen molar-refractivity contribution in [3.63, 3.8) is 0 Å². The highest BCUT2D eigenvalue weighted by Crippen LogP contribution is 2.19. The van der Waals surface area contributed by atoms with Gasteiger partial charge in [0.25, 0.3) is 0 Å². The van der Waals surface area contributed by atoms with Crippen molar-refractivity contribution in [3.8, 4) is 0 Å². The lowest BCUT2D eigenvalue weighted by Crippen LogP contribution is -2.60. The second kappa shape index (κ2) is 22.6. The lowest BCUT2D eigenvalue weighted by molar-refractivity contribution is -0.145. The number of aliphatic hydroxyl groups excluding tert-OH is 1. The maximum absolute atomic E-state index is 13.4.